The molecule has 1 aliphatic rings. The minimum atomic E-state index is -2.35. The Morgan fingerprint density at radius 1 is 0.913 bits per heavy atom. The Balaban J connectivity index is 2.16. The normalized spacial score (nSPS) is 19.0. The van der Waals surface area contributed by atoms with Gasteiger partial charge >= 0.3 is 0 Å². The molecule has 2 aromatic carbocycles. The standard InChI is InChI=1S/C20H27NOSi/c1-20(2,3)23(18-10-6-4-7-11-18,19-12-8-5-9-13-19)22-17-14-15-21-16-17/h4-13,17,21H,14-16H2,1-3H3/q-1/t17-/m1/s1. The van der Waals surface area contributed by atoms with E-state index in [1.165, 1.54) is 10.4 Å². The summed E-state index contributed by atoms with van der Waals surface area (Å²) in [6.45, 7) is 9.03. The van der Waals surface area contributed by atoms with Crippen molar-refractivity contribution in [1.82, 2.24) is 5.32 Å². The molecule has 1 aliphatic heterocycles. The van der Waals surface area contributed by atoms with Crippen molar-refractivity contribution < 1.29 is 4.43 Å². The van der Waals surface area contributed by atoms with Gasteiger partial charge in [0.1, 0.15) is 0 Å². The van der Waals surface area contributed by atoms with Crippen molar-refractivity contribution in [3.05, 3.63) is 60.7 Å². The van der Waals surface area contributed by atoms with Gasteiger partial charge in [-0.3, -0.25) is 0 Å². The van der Waals surface area contributed by atoms with E-state index in [1.807, 2.05) is 0 Å². The molecule has 0 aromatic heterocycles. The predicted molar refractivity (Wildman–Crippen MR) is 100.0 cm³/mol. The van der Waals surface area contributed by atoms with Crippen molar-refractivity contribution in [2.24, 2.45) is 0 Å². The van der Waals surface area contributed by atoms with Crippen LogP contribution in [0.1, 0.15) is 27.2 Å². The zero-order valence-electron chi connectivity index (χ0n) is 14.4. The Morgan fingerprint density at radius 2 is 1.43 bits per heavy atom. The van der Waals surface area contributed by atoms with Crippen molar-refractivity contribution in [2.45, 2.75) is 38.3 Å². The molecule has 0 spiro atoms. The molecule has 0 unspecified atom stereocenters. The van der Waals surface area contributed by atoms with Gasteiger partial charge in [-0.2, -0.15) is 10.4 Å². The van der Waals surface area contributed by atoms with Crippen LogP contribution in [0.15, 0.2) is 60.7 Å². The Hall–Kier alpha value is -1.42. The Kier molecular flexibility index (Phi) is 4.71. The van der Waals surface area contributed by atoms with E-state index in [1.54, 1.807) is 0 Å². The van der Waals surface area contributed by atoms with Gasteiger partial charge in [0.05, 0.1) is 8.32 Å². The summed E-state index contributed by atoms with van der Waals surface area (Å²) in [5, 5.41) is 6.25. The van der Waals surface area contributed by atoms with Crippen LogP contribution < -0.4 is 15.7 Å². The fourth-order valence-electron chi connectivity index (χ4n) is 3.67. The van der Waals surface area contributed by atoms with Crippen LogP contribution in [0, 0.1) is 0 Å². The van der Waals surface area contributed by atoms with E-state index in [-0.39, 0.29) is 5.04 Å². The van der Waals surface area contributed by atoms with Gasteiger partial charge in [0.15, 0.2) is 0 Å². The molecule has 1 saturated heterocycles. The Bertz CT molecular complexity index is 576. The first-order chi connectivity index (χ1) is 11.0. The van der Waals surface area contributed by atoms with Crippen LogP contribution in [-0.4, -0.2) is 27.5 Å². The number of benzene rings is 2. The number of hydrogen-bond donors (Lipinski definition) is 1. The maximum absolute atomic E-state index is 7.01. The number of hydrogen-bond acceptors (Lipinski definition) is 2. The average Bonchev–Trinajstić information content (AvgIpc) is 3.06. The second-order valence-corrected chi connectivity index (χ2v) is 11.6. The van der Waals surface area contributed by atoms with Gasteiger partial charge in [0.25, 0.3) is 0 Å². The van der Waals surface area contributed by atoms with Crippen LogP contribution in [-0.2, 0) is 4.43 Å². The molecule has 1 fully saturated rings. The molecule has 3 heteroatoms. The third-order valence-electron chi connectivity index (χ3n) is 4.78. The topological polar surface area (TPSA) is 21.3 Å². The second-order valence-electron chi connectivity index (χ2n) is 7.40. The summed E-state index contributed by atoms with van der Waals surface area (Å²) in [6.07, 6.45) is 1.41. The Morgan fingerprint density at radius 3 is 1.83 bits per heavy atom. The summed E-state index contributed by atoms with van der Waals surface area (Å²) in [6, 6.07) is 21.8. The van der Waals surface area contributed by atoms with Gasteiger partial charge in [-0.1, -0.05) is 81.4 Å². The lowest BCUT2D eigenvalue weighted by Gasteiger charge is -2.57. The van der Waals surface area contributed by atoms with E-state index in [4.69, 9.17) is 4.43 Å². The number of rotatable bonds is 4. The largest absolute Gasteiger partial charge is 0.555 e. The molecule has 1 N–H and O–H groups in total. The van der Waals surface area contributed by atoms with Crippen LogP contribution in [0.2, 0.25) is 5.04 Å². The smallest absolute Gasteiger partial charge is 0.0511 e. The van der Waals surface area contributed by atoms with Gasteiger partial charge in [0.2, 0.25) is 0 Å². The fraction of sp³-hybridized carbons (Fsp3) is 0.400. The lowest BCUT2D eigenvalue weighted by Crippen LogP contribution is -2.67. The van der Waals surface area contributed by atoms with Crippen molar-refractivity contribution in [1.29, 1.82) is 0 Å². The summed E-state index contributed by atoms with van der Waals surface area (Å²) in [5.41, 5.74) is 0. The molecule has 2 nitrogen and oxygen atoms in total. The van der Waals surface area contributed by atoms with Crippen LogP contribution in [0.25, 0.3) is 0 Å². The second kappa shape index (κ2) is 6.60. The zero-order chi connectivity index (χ0) is 16.3. The van der Waals surface area contributed by atoms with Crippen LogP contribution in [0.3, 0.4) is 0 Å². The van der Waals surface area contributed by atoms with E-state index in [9.17, 15) is 0 Å². The van der Waals surface area contributed by atoms with E-state index >= 15 is 0 Å². The summed E-state index contributed by atoms with van der Waals surface area (Å²) in [7, 11) is -2.35. The quantitative estimate of drug-likeness (QED) is 0.873. The first-order valence-corrected chi connectivity index (χ1v) is 10.4. The van der Waals surface area contributed by atoms with Gasteiger partial charge < -0.3 is 9.74 Å². The lowest BCUT2D eigenvalue weighted by molar-refractivity contribution is 0.207. The van der Waals surface area contributed by atoms with E-state index < -0.39 is 8.32 Å². The molecule has 0 amide bonds. The molecule has 0 radical (unpaired) electrons. The van der Waals surface area contributed by atoms with Crippen molar-refractivity contribution in [2.75, 3.05) is 13.1 Å². The summed E-state index contributed by atoms with van der Waals surface area (Å²) in [4.78, 5) is 0. The monoisotopic (exact) mass is 325 g/mol. The van der Waals surface area contributed by atoms with E-state index in [0.29, 0.717) is 6.10 Å². The van der Waals surface area contributed by atoms with Crippen molar-refractivity contribution in [3.8, 4) is 0 Å². The third-order valence-corrected chi connectivity index (χ3v) is 9.87. The number of nitrogens with one attached hydrogen (secondary N) is 1. The Labute approximate surface area is 141 Å². The molecule has 3 rings (SSSR count). The highest BCUT2D eigenvalue weighted by Gasteiger charge is 2.39. The van der Waals surface area contributed by atoms with Crippen molar-refractivity contribution in [3.63, 3.8) is 0 Å². The van der Waals surface area contributed by atoms with Gasteiger partial charge in [-0.25, -0.2) is 0 Å². The SMILES string of the molecule is CC(C)(C)[Si-](O[C@@H]1CCNC1)(c1ccccc1)c1ccccc1. The zero-order valence-corrected chi connectivity index (χ0v) is 15.4. The maximum atomic E-state index is 7.01. The van der Waals surface area contributed by atoms with Gasteiger partial charge in [0, 0.05) is 12.6 Å². The molecule has 1 atom stereocenters. The van der Waals surface area contributed by atoms with Crippen LogP contribution in [0.4, 0.5) is 0 Å². The minimum Gasteiger partial charge on any atom is -0.555 e. The van der Waals surface area contributed by atoms with Crippen LogP contribution >= 0.6 is 0 Å². The lowest BCUT2D eigenvalue weighted by atomic mass is 10.2. The van der Waals surface area contributed by atoms with E-state index in [0.717, 1.165) is 19.5 Å². The third kappa shape index (κ3) is 3.14. The highest BCUT2D eigenvalue weighted by Crippen LogP contribution is 2.37. The molecule has 23 heavy (non-hydrogen) atoms. The fourth-order valence-corrected chi connectivity index (χ4v) is 8.39. The summed E-state index contributed by atoms with van der Waals surface area (Å²) >= 11 is 0. The first-order valence-electron chi connectivity index (χ1n) is 8.53. The minimum absolute atomic E-state index is 0.0678. The van der Waals surface area contributed by atoms with Gasteiger partial charge in [-0.15, -0.1) is 5.04 Å². The van der Waals surface area contributed by atoms with E-state index in [2.05, 4.69) is 86.8 Å². The maximum Gasteiger partial charge on any atom is 0.0511 e. The molecule has 0 bridgehead atoms. The highest BCUT2D eigenvalue weighted by molar-refractivity contribution is 6.99. The summed E-state index contributed by atoms with van der Waals surface area (Å²) < 4.78 is 7.01. The average molecular weight is 326 g/mol. The summed E-state index contributed by atoms with van der Waals surface area (Å²) in [5.74, 6) is 0. The first kappa shape index (κ1) is 16.4. The molecule has 1 heterocycles. The molecule has 2 aromatic rings. The van der Waals surface area contributed by atoms with Gasteiger partial charge in [-0.05, 0) is 13.0 Å². The molecular formula is C20H27NOSi-. The molecular weight excluding hydrogens is 298 g/mol. The highest BCUT2D eigenvalue weighted by atomic mass is 28.4. The van der Waals surface area contributed by atoms with Crippen LogP contribution in [0.5, 0.6) is 0 Å². The molecule has 0 saturated carbocycles. The molecule has 0 aliphatic carbocycles. The molecule has 123 valence electrons. The predicted octanol–water partition coefficient (Wildman–Crippen LogP) is 2.92. The van der Waals surface area contributed by atoms with Crippen molar-refractivity contribution >= 4 is 18.7 Å².